The smallest absolute Gasteiger partial charge is 0.343 e. The molecule has 0 saturated carbocycles. The minimum Gasteiger partial charge on any atom is -0.462 e. The largest absolute Gasteiger partial charge is 0.462 e. The van der Waals surface area contributed by atoms with Gasteiger partial charge in [-0.2, -0.15) is 0 Å². The minimum absolute atomic E-state index is 0.0393. The van der Waals surface area contributed by atoms with E-state index in [-0.39, 0.29) is 29.2 Å². The summed E-state index contributed by atoms with van der Waals surface area (Å²) >= 11 is 0. The van der Waals surface area contributed by atoms with E-state index in [1.54, 1.807) is 13.0 Å². The first-order chi connectivity index (χ1) is 14.1. The molecule has 0 aliphatic rings. The first-order valence-electron chi connectivity index (χ1n) is 9.32. The third kappa shape index (κ3) is 4.17. The molecule has 0 amide bonds. The molecule has 1 heterocycles. The normalized spacial score (nSPS) is 11.3. The van der Waals surface area contributed by atoms with Crippen LogP contribution >= 0.6 is 0 Å². The van der Waals surface area contributed by atoms with Gasteiger partial charge in [-0.1, -0.05) is 26.8 Å². The summed E-state index contributed by atoms with van der Waals surface area (Å²) in [4.78, 5) is 35.4. The second-order valence-corrected chi connectivity index (χ2v) is 7.63. The number of carbonyl (C=O) groups is 2. The molecule has 0 atom stereocenters. The van der Waals surface area contributed by atoms with Crippen molar-refractivity contribution >= 4 is 28.6 Å². The van der Waals surface area contributed by atoms with E-state index in [1.807, 2.05) is 20.8 Å². The first-order valence-corrected chi connectivity index (χ1v) is 9.32. The van der Waals surface area contributed by atoms with Crippen LogP contribution in [0.15, 0.2) is 46.9 Å². The molecule has 0 saturated heterocycles. The van der Waals surface area contributed by atoms with Crippen molar-refractivity contribution in [1.29, 1.82) is 0 Å². The van der Waals surface area contributed by atoms with Gasteiger partial charge in [0.2, 0.25) is 0 Å². The van der Waals surface area contributed by atoms with Gasteiger partial charge >= 0.3 is 11.9 Å². The van der Waals surface area contributed by atoms with Gasteiger partial charge in [0.25, 0.3) is 5.69 Å². The molecule has 0 fully saturated rings. The maximum Gasteiger partial charge on any atom is 0.343 e. The van der Waals surface area contributed by atoms with Crippen LogP contribution in [-0.2, 0) is 10.2 Å². The Morgan fingerprint density at radius 3 is 2.47 bits per heavy atom. The lowest BCUT2D eigenvalue weighted by Gasteiger charge is -2.16. The lowest BCUT2D eigenvalue weighted by molar-refractivity contribution is -0.384. The maximum atomic E-state index is 12.6. The lowest BCUT2D eigenvalue weighted by Crippen LogP contribution is -2.16. The first kappa shape index (κ1) is 21.0. The Bertz CT molecular complexity index is 1140. The van der Waals surface area contributed by atoms with Crippen LogP contribution in [0.5, 0.6) is 5.75 Å². The van der Waals surface area contributed by atoms with Gasteiger partial charge in [0.15, 0.2) is 0 Å². The summed E-state index contributed by atoms with van der Waals surface area (Å²) in [5.41, 5.74) is 0.110. The van der Waals surface area contributed by atoms with E-state index in [1.165, 1.54) is 30.3 Å². The van der Waals surface area contributed by atoms with E-state index < -0.39 is 22.3 Å². The molecular formula is C22H21NO7. The summed E-state index contributed by atoms with van der Waals surface area (Å²) in [7, 11) is 0. The molecule has 3 aromatic rings. The maximum absolute atomic E-state index is 12.6. The number of nitro benzene ring substituents is 1. The molecule has 2 aromatic carbocycles. The molecule has 0 radical (unpaired) electrons. The van der Waals surface area contributed by atoms with Crippen molar-refractivity contribution in [3.8, 4) is 5.75 Å². The second-order valence-electron chi connectivity index (χ2n) is 7.63. The lowest BCUT2D eigenvalue weighted by atomic mass is 9.89. The highest BCUT2D eigenvalue weighted by Gasteiger charge is 2.30. The van der Waals surface area contributed by atoms with E-state index in [0.717, 1.165) is 6.07 Å². The Hall–Kier alpha value is -3.68. The number of non-ortho nitro benzene ring substituents is 1. The van der Waals surface area contributed by atoms with E-state index >= 15 is 0 Å². The molecular weight excluding hydrogens is 390 g/mol. The average Bonchev–Trinajstić information content (AvgIpc) is 3.07. The van der Waals surface area contributed by atoms with Gasteiger partial charge in [-0.05, 0) is 31.2 Å². The van der Waals surface area contributed by atoms with E-state index in [0.29, 0.717) is 16.7 Å². The molecule has 1 aromatic heterocycles. The Balaban J connectivity index is 2.01. The van der Waals surface area contributed by atoms with E-state index in [4.69, 9.17) is 13.9 Å². The van der Waals surface area contributed by atoms with Crippen molar-refractivity contribution in [2.45, 2.75) is 33.1 Å². The minimum atomic E-state index is -0.754. The highest BCUT2D eigenvalue weighted by atomic mass is 16.6. The number of furan rings is 1. The number of carbonyl (C=O) groups excluding carboxylic acids is 2. The van der Waals surface area contributed by atoms with Crippen LogP contribution in [-0.4, -0.2) is 23.5 Å². The molecule has 0 aliphatic carbocycles. The van der Waals surface area contributed by atoms with Crippen molar-refractivity contribution in [2.24, 2.45) is 0 Å². The number of nitrogens with zero attached hydrogens (tertiary/aromatic N) is 1. The average molecular weight is 411 g/mol. The van der Waals surface area contributed by atoms with Crippen LogP contribution in [0.1, 0.15) is 54.2 Å². The van der Waals surface area contributed by atoms with Crippen LogP contribution in [0, 0.1) is 10.1 Å². The van der Waals surface area contributed by atoms with Gasteiger partial charge in [-0.25, -0.2) is 9.59 Å². The third-order valence-corrected chi connectivity index (χ3v) is 4.32. The Morgan fingerprint density at radius 2 is 1.83 bits per heavy atom. The van der Waals surface area contributed by atoms with E-state index in [9.17, 15) is 19.7 Å². The van der Waals surface area contributed by atoms with Gasteiger partial charge in [0.1, 0.15) is 22.7 Å². The molecule has 0 unspecified atom stereocenters. The van der Waals surface area contributed by atoms with Crippen LogP contribution in [0.3, 0.4) is 0 Å². The SMILES string of the molecule is CCOC(=O)c1c(C(C)(C)C)oc2ccc(OC(=O)c3cccc([N+](=O)[O-])c3)cc12. The van der Waals surface area contributed by atoms with Crippen molar-refractivity contribution < 1.29 is 28.4 Å². The predicted molar refractivity (Wildman–Crippen MR) is 109 cm³/mol. The molecule has 8 nitrogen and oxygen atoms in total. The number of ether oxygens (including phenoxy) is 2. The predicted octanol–water partition coefficient (Wildman–Crippen LogP) is 5.03. The molecule has 0 bridgehead atoms. The van der Waals surface area contributed by atoms with Crippen molar-refractivity contribution in [3.63, 3.8) is 0 Å². The third-order valence-electron chi connectivity index (χ3n) is 4.32. The molecule has 156 valence electrons. The zero-order valence-corrected chi connectivity index (χ0v) is 17.1. The van der Waals surface area contributed by atoms with Crippen LogP contribution in [0.25, 0.3) is 11.0 Å². The number of rotatable bonds is 5. The standard InChI is InChI=1S/C22H21NO7/c1-5-28-21(25)18-16-12-15(9-10-17(16)30-19(18)22(2,3)4)29-20(24)13-7-6-8-14(11-13)23(26)27/h6-12H,5H2,1-4H3. The highest BCUT2D eigenvalue weighted by molar-refractivity contribution is 6.05. The Labute approximate surface area is 172 Å². The topological polar surface area (TPSA) is 109 Å². The molecule has 0 spiro atoms. The Morgan fingerprint density at radius 1 is 1.10 bits per heavy atom. The van der Waals surface area contributed by atoms with Gasteiger partial charge in [-0.3, -0.25) is 10.1 Å². The van der Waals surface area contributed by atoms with Crippen molar-refractivity contribution in [2.75, 3.05) is 6.61 Å². The van der Waals surface area contributed by atoms with Crippen molar-refractivity contribution in [1.82, 2.24) is 0 Å². The number of hydrogen-bond acceptors (Lipinski definition) is 7. The summed E-state index contributed by atoms with van der Waals surface area (Å²) < 4.78 is 16.5. The summed E-state index contributed by atoms with van der Waals surface area (Å²) in [5.74, 6) is -0.637. The zero-order valence-electron chi connectivity index (χ0n) is 17.1. The number of benzene rings is 2. The van der Waals surface area contributed by atoms with Gasteiger partial charge in [0.05, 0.1) is 17.1 Å². The van der Waals surface area contributed by atoms with Crippen molar-refractivity contribution in [3.05, 3.63) is 69.5 Å². The summed E-state index contributed by atoms with van der Waals surface area (Å²) in [6.07, 6.45) is 0. The summed E-state index contributed by atoms with van der Waals surface area (Å²) in [6, 6.07) is 9.91. The molecule has 0 N–H and O–H groups in total. The monoisotopic (exact) mass is 411 g/mol. The summed E-state index contributed by atoms with van der Waals surface area (Å²) in [5, 5.41) is 11.4. The molecule has 0 aliphatic heterocycles. The van der Waals surface area contributed by atoms with Gasteiger partial charge < -0.3 is 13.9 Å². The second kappa shape index (κ2) is 7.98. The molecule has 30 heavy (non-hydrogen) atoms. The fourth-order valence-corrected chi connectivity index (χ4v) is 2.99. The number of fused-ring (bicyclic) bond motifs is 1. The Kier molecular flexibility index (Phi) is 5.60. The van der Waals surface area contributed by atoms with Crippen LogP contribution in [0.4, 0.5) is 5.69 Å². The van der Waals surface area contributed by atoms with Crippen LogP contribution < -0.4 is 4.74 Å². The summed E-state index contributed by atoms with van der Waals surface area (Å²) in [6.45, 7) is 7.66. The number of nitro groups is 1. The zero-order chi connectivity index (χ0) is 22.1. The van der Waals surface area contributed by atoms with Crippen LogP contribution in [0.2, 0.25) is 0 Å². The quantitative estimate of drug-likeness (QED) is 0.250. The van der Waals surface area contributed by atoms with Gasteiger partial charge in [0, 0.05) is 22.9 Å². The van der Waals surface area contributed by atoms with Gasteiger partial charge in [-0.15, -0.1) is 0 Å². The number of esters is 2. The molecule has 8 heteroatoms. The van der Waals surface area contributed by atoms with E-state index in [2.05, 4.69) is 0 Å². The highest BCUT2D eigenvalue weighted by Crippen LogP contribution is 2.36. The fraction of sp³-hybridized carbons (Fsp3) is 0.273. The number of hydrogen-bond donors (Lipinski definition) is 0. The molecule has 3 rings (SSSR count). The fourth-order valence-electron chi connectivity index (χ4n) is 2.99.